The van der Waals surface area contributed by atoms with Gasteiger partial charge < -0.3 is 9.47 Å². The number of ether oxygens (including phenoxy) is 2. The molecule has 2 aromatic carbocycles. The summed E-state index contributed by atoms with van der Waals surface area (Å²) >= 11 is 6.46. The first kappa shape index (κ1) is 17.7. The number of benzene rings is 2. The summed E-state index contributed by atoms with van der Waals surface area (Å²) in [5.74, 6) is 3.94. The summed E-state index contributed by atoms with van der Waals surface area (Å²) in [5.41, 5.74) is 3.75. The summed E-state index contributed by atoms with van der Waals surface area (Å²) in [6, 6.07) is 12.7. The number of rotatable bonds is 3. The number of halogens is 1. The van der Waals surface area contributed by atoms with E-state index >= 15 is 0 Å². The van der Waals surface area contributed by atoms with E-state index in [1.54, 1.807) is 0 Å². The van der Waals surface area contributed by atoms with Crippen molar-refractivity contribution in [3.8, 4) is 11.5 Å². The highest BCUT2D eigenvalue weighted by atomic mass is 35.5. The molecular formula is C23H27ClO2. The zero-order chi connectivity index (χ0) is 18.4. The van der Waals surface area contributed by atoms with Crippen LogP contribution in [0.15, 0.2) is 36.4 Å². The molecule has 0 aromatic heterocycles. The predicted octanol–water partition coefficient (Wildman–Crippen LogP) is 6.74. The van der Waals surface area contributed by atoms with Gasteiger partial charge >= 0.3 is 0 Å². The number of hydrogen-bond donors (Lipinski definition) is 0. The second kappa shape index (κ2) is 6.81. The van der Waals surface area contributed by atoms with Gasteiger partial charge in [0.1, 0.15) is 17.6 Å². The maximum Gasteiger partial charge on any atom is 0.142 e. The molecule has 138 valence electrons. The molecule has 4 rings (SSSR count). The molecule has 0 saturated carbocycles. The molecule has 0 fully saturated rings. The van der Waals surface area contributed by atoms with Crippen molar-refractivity contribution in [3.05, 3.63) is 58.1 Å². The molecule has 0 aliphatic carbocycles. The lowest BCUT2D eigenvalue weighted by Gasteiger charge is -2.35. The van der Waals surface area contributed by atoms with E-state index in [0.717, 1.165) is 24.5 Å². The van der Waals surface area contributed by atoms with Gasteiger partial charge in [-0.3, -0.25) is 0 Å². The Morgan fingerprint density at radius 3 is 2.46 bits per heavy atom. The van der Waals surface area contributed by atoms with E-state index in [1.165, 1.54) is 16.7 Å². The summed E-state index contributed by atoms with van der Waals surface area (Å²) in [4.78, 5) is 0. The summed E-state index contributed by atoms with van der Waals surface area (Å²) in [6.45, 7) is 9.85. The van der Waals surface area contributed by atoms with Crippen LogP contribution in [0.5, 0.6) is 11.5 Å². The van der Waals surface area contributed by atoms with Crippen LogP contribution >= 0.6 is 11.6 Å². The lowest BCUT2D eigenvalue weighted by molar-refractivity contribution is 0.148. The summed E-state index contributed by atoms with van der Waals surface area (Å²) < 4.78 is 12.4. The highest BCUT2D eigenvalue weighted by Crippen LogP contribution is 2.49. The molecule has 0 spiro atoms. The van der Waals surface area contributed by atoms with Gasteiger partial charge in [-0.2, -0.15) is 0 Å². The molecule has 0 N–H and O–H groups in total. The van der Waals surface area contributed by atoms with Crippen molar-refractivity contribution >= 4 is 11.6 Å². The average molecular weight is 371 g/mol. The Balaban J connectivity index is 1.68. The molecule has 2 aliphatic rings. The van der Waals surface area contributed by atoms with Gasteiger partial charge in [-0.25, -0.2) is 0 Å². The zero-order valence-electron chi connectivity index (χ0n) is 16.0. The Labute approximate surface area is 161 Å². The van der Waals surface area contributed by atoms with Crippen molar-refractivity contribution < 1.29 is 9.47 Å². The highest BCUT2D eigenvalue weighted by molar-refractivity contribution is 6.32. The first-order chi connectivity index (χ1) is 12.5. The number of para-hydroxylation sites is 1. The van der Waals surface area contributed by atoms with Crippen LogP contribution in [-0.2, 0) is 0 Å². The molecule has 2 aromatic rings. The normalized spacial score (nSPS) is 24.2. The van der Waals surface area contributed by atoms with Crippen LogP contribution in [0, 0.1) is 11.8 Å². The molecule has 26 heavy (non-hydrogen) atoms. The molecule has 0 amide bonds. The van der Waals surface area contributed by atoms with Crippen molar-refractivity contribution in [3.63, 3.8) is 0 Å². The topological polar surface area (TPSA) is 18.5 Å². The van der Waals surface area contributed by atoms with Crippen LogP contribution in [0.2, 0.25) is 5.02 Å². The van der Waals surface area contributed by atoms with Crippen molar-refractivity contribution in [1.29, 1.82) is 0 Å². The maximum atomic E-state index is 6.46. The molecule has 2 heterocycles. The maximum absolute atomic E-state index is 6.46. The molecule has 3 heteroatoms. The Hall–Kier alpha value is -1.67. The van der Waals surface area contributed by atoms with Gasteiger partial charge in [0, 0.05) is 11.5 Å². The lowest BCUT2D eigenvalue weighted by atomic mass is 9.80. The Morgan fingerprint density at radius 1 is 0.962 bits per heavy atom. The quantitative estimate of drug-likeness (QED) is 0.595. The van der Waals surface area contributed by atoms with Crippen molar-refractivity contribution in [2.45, 2.75) is 52.1 Å². The van der Waals surface area contributed by atoms with Gasteiger partial charge in [-0.05, 0) is 47.4 Å². The van der Waals surface area contributed by atoms with E-state index in [9.17, 15) is 0 Å². The molecular weight excluding hydrogens is 344 g/mol. The minimum atomic E-state index is 0.0156. The van der Waals surface area contributed by atoms with Crippen molar-refractivity contribution in [2.75, 3.05) is 6.61 Å². The summed E-state index contributed by atoms with van der Waals surface area (Å²) in [5, 5.41) is 0.704. The molecule has 0 saturated heterocycles. The first-order valence-electron chi connectivity index (χ1n) is 9.67. The van der Waals surface area contributed by atoms with Gasteiger partial charge in [0.15, 0.2) is 0 Å². The van der Waals surface area contributed by atoms with E-state index in [1.807, 2.05) is 12.1 Å². The van der Waals surface area contributed by atoms with Gasteiger partial charge in [0.05, 0.1) is 11.6 Å². The highest BCUT2D eigenvalue weighted by Gasteiger charge is 2.34. The van der Waals surface area contributed by atoms with E-state index in [0.29, 0.717) is 28.7 Å². The fraction of sp³-hybridized carbons (Fsp3) is 0.478. The largest absolute Gasteiger partial charge is 0.493 e. The van der Waals surface area contributed by atoms with Crippen LogP contribution in [0.4, 0.5) is 0 Å². The van der Waals surface area contributed by atoms with Crippen LogP contribution in [0.3, 0.4) is 0 Å². The molecule has 3 unspecified atom stereocenters. The van der Waals surface area contributed by atoms with E-state index in [4.69, 9.17) is 21.1 Å². The van der Waals surface area contributed by atoms with E-state index in [-0.39, 0.29) is 6.10 Å². The van der Waals surface area contributed by atoms with Gasteiger partial charge in [0.2, 0.25) is 0 Å². The summed E-state index contributed by atoms with van der Waals surface area (Å²) in [6.07, 6.45) is 0.985. The molecule has 3 atom stereocenters. The first-order valence-corrected chi connectivity index (χ1v) is 10.0. The Bertz CT molecular complexity index is 812. The predicted molar refractivity (Wildman–Crippen MR) is 107 cm³/mol. The molecule has 0 bridgehead atoms. The van der Waals surface area contributed by atoms with Gasteiger partial charge in [0.25, 0.3) is 0 Å². The van der Waals surface area contributed by atoms with Crippen molar-refractivity contribution in [1.82, 2.24) is 0 Å². The molecule has 0 radical (unpaired) electrons. The Morgan fingerprint density at radius 2 is 1.73 bits per heavy atom. The monoisotopic (exact) mass is 370 g/mol. The number of hydrogen-bond acceptors (Lipinski definition) is 2. The van der Waals surface area contributed by atoms with Gasteiger partial charge in [-0.1, -0.05) is 63.6 Å². The van der Waals surface area contributed by atoms with Crippen LogP contribution in [0.25, 0.3) is 0 Å². The van der Waals surface area contributed by atoms with Crippen LogP contribution < -0.4 is 9.47 Å². The summed E-state index contributed by atoms with van der Waals surface area (Å²) in [7, 11) is 0. The SMILES string of the molecule is CC(C)C1COc2cc(C3CC(C(C)C)c4cccc(Cl)c4O3)ccc21. The minimum Gasteiger partial charge on any atom is -0.493 e. The standard InChI is InChI=1S/C23H27ClO2/c1-13(2)18-11-21(26-23-17(18)6-5-7-20(23)24)15-8-9-16-19(14(3)4)12-25-22(16)10-15/h5-10,13-14,18-19,21H,11-12H2,1-4H3. The fourth-order valence-electron chi connectivity index (χ4n) is 4.33. The number of fused-ring (bicyclic) bond motifs is 2. The molecule has 2 nitrogen and oxygen atoms in total. The zero-order valence-corrected chi connectivity index (χ0v) is 16.7. The van der Waals surface area contributed by atoms with Crippen molar-refractivity contribution in [2.24, 2.45) is 11.8 Å². The fourth-order valence-corrected chi connectivity index (χ4v) is 4.56. The third-order valence-corrected chi connectivity index (χ3v) is 6.26. The van der Waals surface area contributed by atoms with Crippen LogP contribution in [0.1, 0.15) is 68.7 Å². The van der Waals surface area contributed by atoms with Gasteiger partial charge in [-0.15, -0.1) is 0 Å². The second-order valence-electron chi connectivity index (χ2n) is 8.31. The van der Waals surface area contributed by atoms with E-state index < -0.39 is 0 Å². The van der Waals surface area contributed by atoms with Crippen LogP contribution in [-0.4, -0.2) is 6.61 Å². The molecule has 2 aliphatic heterocycles. The van der Waals surface area contributed by atoms with E-state index in [2.05, 4.69) is 52.0 Å². The lowest BCUT2D eigenvalue weighted by Crippen LogP contribution is -2.22. The third-order valence-electron chi connectivity index (χ3n) is 5.96. The Kier molecular flexibility index (Phi) is 4.64. The smallest absolute Gasteiger partial charge is 0.142 e. The minimum absolute atomic E-state index is 0.0156. The third kappa shape index (κ3) is 2.99. The average Bonchev–Trinajstić information content (AvgIpc) is 3.04. The second-order valence-corrected chi connectivity index (χ2v) is 8.72.